The second-order valence-corrected chi connectivity index (χ2v) is 5.35. The summed E-state index contributed by atoms with van der Waals surface area (Å²) in [5.74, 6) is 0. The normalized spacial score (nSPS) is 12.6. The van der Waals surface area contributed by atoms with Gasteiger partial charge in [0, 0.05) is 11.6 Å². The Kier molecular flexibility index (Phi) is 5.23. The fraction of sp³-hybridized carbons (Fsp3) is 0.375. The van der Waals surface area contributed by atoms with Crippen LogP contribution >= 0.6 is 15.9 Å². The van der Waals surface area contributed by atoms with Crippen molar-refractivity contribution in [2.75, 3.05) is 6.54 Å². The van der Waals surface area contributed by atoms with Crippen molar-refractivity contribution >= 4 is 15.9 Å². The smallest absolute Gasteiger partial charge is 0.173 e. The predicted octanol–water partition coefficient (Wildman–Crippen LogP) is 4.50. The van der Waals surface area contributed by atoms with E-state index in [1.165, 1.54) is 16.7 Å². The van der Waals surface area contributed by atoms with Crippen molar-refractivity contribution in [3.63, 3.8) is 0 Å². The zero-order chi connectivity index (χ0) is 13.7. The lowest BCUT2D eigenvalue weighted by Crippen LogP contribution is -2.22. The zero-order valence-electron chi connectivity index (χ0n) is 11.4. The first-order chi connectivity index (χ1) is 9.24. The van der Waals surface area contributed by atoms with E-state index in [0.717, 1.165) is 24.1 Å². The molecule has 1 heterocycles. The van der Waals surface area contributed by atoms with E-state index in [1.54, 1.807) is 6.26 Å². The number of hydrogen-bond acceptors (Lipinski definition) is 2. The third-order valence-corrected chi connectivity index (χ3v) is 3.99. The van der Waals surface area contributed by atoms with E-state index >= 15 is 0 Å². The van der Waals surface area contributed by atoms with Crippen molar-refractivity contribution in [1.29, 1.82) is 0 Å². The lowest BCUT2D eigenvalue weighted by molar-refractivity contribution is 0.506. The minimum Gasteiger partial charge on any atom is -0.457 e. The Hall–Kier alpha value is -1.06. The van der Waals surface area contributed by atoms with Crippen LogP contribution in [0.3, 0.4) is 0 Å². The van der Waals surface area contributed by atoms with E-state index in [2.05, 4.69) is 59.4 Å². The first-order valence-electron chi connectivity index (χ1n) is 6.78. The van der Waals surface area contributed by atoms with Gasteiger partial charge in [0.25, 0.3) is 0 Å². The molecule has 2 nitrogen and oxygen atoms in total. The van der Waals surface area contributed by atoms with Gasteiger partial charge in [0.05, 0.1) is 6.26 Å². The van der Waals surface area contributed by atoms with Gasteiger partial charge in [0.15, 0.2) is 4.67 Å². The van der Waals surface area contributed by atoms with E-state index in [0.29, 0.717) is 0 Å². The molecule has 1 aromatic carbocycles. The maximum atomic E-state index is 5.34. The molecule has 0 aliphatic carbocycles. The van der Waals surface area contributed by atoms with Gasteiger partial charge < -0.3 is 9.73 Å². The molecule has 1 unspecified atom stereocenters. The van der Waals surface area contributed by atoms with Gasteiger partial charge in [-0.2, -0.15) is 0 Å². The first kappa shape index (κ1) is 14.4. The molecule has 0 amide bonds. The Balaban J connectivity index is 2.14. The highest BCUT2D eigenvalue weighted by atomic mass is 79.9. The molecule has 0 spiro atoms. The first-order valence-corrected chi connectivity index (χ1v) is 7.58. The molecule has 0 saturated carbocycles. The second-order valence-electron chi connectivity index (χ2n) is 4.63. The van der Waals surface area contributed by atoms with Crippen LogP contribution in [0.1, 0.15) is 36.6 Å². The number of furan rings is 1. The predicted molar refractivity (Wildman–Crippen MR) is 82.3 cm³/mol. The Labute approximate surface area is 123 Å². The number of likely N-dealkylation sites (N-methyl/N-ethyl adjacent to an activating group) is 1. The lowest BCUT2D eigenvalue weighted by Gasteiger charge is -2.17. The number of rotatable bonds is 6. The molecule has 1 atom stereocenters. The van der Waals surface area contributed by atoms with Crippen molar-refractivity contribution in [1.82, 2.24) is 5.32 Å². The molecular formula is C16H20BrNO. The van der Waals surface area contributed by atoms with E-state index in [-0.39, 0.29) is 6.04 Å². The Morgan fingerprint density at radius 3 is 2.32 bits per heavy atom. The van der Waals surface area contributed by atoms with Gasteiger partial charge in [-0.25, -0.2) is 0 Å². The van der Waals surface area contributed by atoms with Crippen LogP contribution in [0.25, 0.3) is 0 Å². The zero-order valence-corrected chi connectivity index (χ0v) is 13.0. The minimum absolute atomic E-state index is 0.283. The highest BCUT2D eigenvalue weighted by Gasteiger charge is 2.16. The van der Waals surface area contributed by atoms with Gasteiger partial charge >= 0.3 is 0 Å². The van der Waals surface area contributed by atoms with Crippen LogP contribution in [0.5, 0.6) is 0 Å². The van der Waals surface area contributed by atoms with Crippen molar-refractivity contribution in [2.24, 2.45) is 0 Å². The van der Waals surface area contributed by atoms with Gasteiger partial charge in [-0.3, -0.25) is 0 Å². The van der Waals surface area contributed by atoms with Gasteiger partial charge in [-0.05, 0) is 52.5 Å². The molecule has 0 aliphatic rings. The largest absolute Gasteiger partial charge is 0.457 e. The van der Waals surface area contributed by atoms with Crippen LogP contribution in [0.4, 0.5) is 0 Å². The SMILES string of the molecule is CCNC(Cc1ccc(CC)cc1)c1ccoc1Br. The van der Waals surface area contributed by atoms with Crippen molar-refractivity contribution in [3.05, 3.63) is 58.0 Å². The number of benzene rings is 1. The molecule has 3 heteroatoms. The minimum atomic E-state index is 0.283. The fourth-order valence-corrected chi connectivity index (χ4v) is 2.76. The van der Waals surface area contributed by atoms with E-state index in [1.807, 2.05) is 6.07 Å². The standard InChI is InChI=1S/C16H20BrNO/c1-3-12-5-7-13(8-6-12)11-15(18-4-2)14-9-10-19-16(14)17/h5-10,15,18H,3-4,11H2,1-2H3. The summed E-state index contributed by atoms with van der Waals surface area (Å²) in [6, 6.07) is 11.2. The van der Waals surface area contributed by atoms with Crippen molar-refractivity contribution < 1.29 is 4.42 Å². The fourth-order valence-electron chi connectivity index (χ4n) is 2.24. The summed E-state index contributed by atoms with van der Waals surface area (Å²) in [4.78, 5) is 0. The topological polar surface area (TPSA) is 25.2 Å². The maximum absolute atomic E-state index is 5.34. The molecule has 1 aromatic heterocycles. The van der Waals surface area contributed by atoms with Crippen LogP contribution in [0.15, 0.2) is 45.7 Å². The second kappa shape index (κ2) is 6.92. The maximum Gasteiger partial charge on any atom is 0.173 e. The third-order valence-electron chi connectivity index (χ3n) is 3.34. The van der Waals surface area contributed by atoms with Gasteiger partial charge in [0.1, 0.15) is 0 Å². The summed E-state index contributed by atoms with van der Waals surface area (Å²) in [5, 5.41) is 3.51. The third kappa shape index (κ3) is 3.71. The summed E-state index contributed by atoms with van der Waals surface area (Å²) in [7, 11) is 0. The highest BCUT2D eigenvalue weighted by Crippen LogP contribution is 2.27. The Morgan fingerprint density at radius 1 is 1.11 bits per heavy atom. The molecule has 0 bridgehead atoms. The molecule has 2 aromatic rings. The summed E-state index contributed by atoms with van der Waals surface area (Å²) < 4.78 is 6.17. The highest BCUT2D eigenvalue weighted by molar-refractivity contribution is 9.10. The molecular weight excluding hydrogens is 302 g/mol. The molecule has 0 fully saturated rings. The molecule has 0 saturated heterocycles. The number of nitrogens with one attached hydrogen (secondary N) is 1. The van der Waals surface area contributed by atoms with Crippen LogP contribution in [0.2, 0.25) is 0 Å². The monoisotopic (exact) mass is 321 g/mol. The Bertz CT molecular complexity index is 504. The number of halogens is 1. The average Bonchev–Trinajstić information content (AvgIpc) is 2.85. The quantitative estimate of drug-likeness (QED) is 0.847. The van der Waals surface area contributed by atoms with Gasteiger partial charge in [-0.15, -0.1) is 0 Å². The summed E-state index contributed by atoms with van der Waals surface area (Å²) >= 11 is 3.47. The van der Waals surface area contributed by atoms with Crippen LogP contribution in [-0.2, 0) is 12.8 Å². The molecule has 0 aliphatic heterocycles. The Morgan fingerprint density at radius 2 is 1.79 bits per heavy atom. The van der Waals surface area contributed by atoms with Crippen LogP contribution in [-0.4, -0.2) is 6.54 Å². The summed E-state index contributed by atoms with van der Waals surface area (Å²) in [6.45, 7) is 5.25. The van der Waals surface area contributed by atoms with Crippen LogP contribution < -0.4 is 5.32 Å². The molecule has 19 heavy (non-hydrogen) atoms. The van der Waals surface area contributed by atoms with Crippen molar-refractivity contribution in [2.45, 2.75) is 32.7 Å². The van der Waals surface area contributed by atoms with Gasteiger partial charge in [-0.1, -0.05) is 38.1 Å². The van der Waals surface area contributed by atoms with Crippen LogP contribution in [0, 0.1) is 0 Å². The average molecular weight is 322 g/mol. The summed E-state index contributed by atoms with van der Waals surface area (Å²) in [5.41, 5.74) is 3.91. The number of aryl methyl sites for hydroxylation is 1. The van der Waals surface area contributed by atoms with Crippen molar-refractivity contribution in [3.8, 4) is 0 Å². The van der Waals surface area contributed by atoms with Gasteiger partial charge in [0.2, 0.25) is 0 Å². The lowest BCUT2D eigenvalue weighted by atomic mass is 9.99. The van der Waals surface area contributed by atoms with E-state index in [4.69, 9.17) is 4.42 Å². The van der Waals surface area contributed by atoms with E-state index < -0.39 is 0 Å². The number of hydrogen-bond donors (Lipinski definition) is 1. The molecule has 1 N–H and O–H groups in total. The molecule has 2 rings (SSSR count). The summed E-state index contributed by atoms with van der Waals surface area (Å²) in [6.07, 6.45) is 3.78. The molecule has 0 radical (unpaired) electrons. The van der Waals surface area contributed by atoms with E-state index in [9.17, 15) is 0 Å². The molecule has 102 valence electrons.